The molecule has 0 bridgehead atoms. The van der Waals surface area contributed by atoms with Gasteiger partial charge in [0.25, 0.3) is 0 Å². The quantitative estimate of drug-likeness (QED) is 0.902. The molecule has 0 aliphatic carbocycles. The van der Waals surface area contributed by atoms with E-state index in [1.54, 1.807) is 17.9 Å². The Kier molecular flexibility index (Phi) is 3.82. The van der Waals surface area contributed by atoms with E-state index in [1.165, 1.54) is 18.3 Å². The Morgan fingerprint density at radius 1 is 1.53 bits per heavy atom. The summed E-state index contributed by atoms with van der Waals surface area (Å²) in [7, 11) is 1.72. The van der Waals surface area contributed by atoms with Crippen LogP contribution in [0.2, 0.25) is 5.02 Å². The van der Waals surface area contributed by atoms with Crippen molar-refractivity contribution in [2.45, 2.75) is 6.04 Å². The summed E-state index contributed by atoms with van der Waals surface area (Å²) in [4.78, 5) is 11.9. The summed E-state index contributed by atoms with van der Waals surface area (Å²) >= 11 is 5.70. The molecule has 7 heteroatoms. The molecule has 1 atom stereocenters. The fraction of sp³-hybridized carbons (Fsp3) is 0.167. The molecule has 0 aliphatic heterocycles. The van der Waals surface area contributed by atoms with Gasteiger partial charge >= 0.3 is 0 Å². The lowest BCUT2D eigenvalue weighted by Gasteiger charge is -2.11. The van der Waals surface area contributed by atoms with Gasteiger partial charge in [-0.3, -0.25) is 9.48 Å². The van der Waals surface area contributed by atoms with Crippen LogP contribution in [0.15, 0.2) is 30.6 Å². The summed E-state index contributed by atoms with van der Waals surface area (Å²) < 4.78 is 14.7. The van der Waals surface area contributed by atoms with Crippen LogP contribution in [-0.4, -0.2) is 15.7 Å². The van der Waals surface area contributed by atoms with Crippen molar-refractivity contribution in [3.63, 3.8) is 0 Å². The van der Waals surface area contributed by atoms with Crippen molar-refractivity contribution >= 4 is 23.2 Å². The van der Waals surface area contributed by atoms with Gasteiger partial charge in [0.15, 0.2) is 0 Å². The number of nitrogens with two attached hydrogens (primary N) is 1. The third kappa shape index (κ3) is 3.30. The molecule has 0 radical (unpaired) electrons. The van der Waals surface area contributed by atoms with E-state index in [-0.39, 0.29) is 10.7 Å². The van der Waals surface area contributed by atoms with Gasteiger partial charge in [0.2, 0.25) is 5.91 Å². The largest absolute Gasteiger partial charge is 0.324 e. The van der Waals surface area contributed by atoms with E-state index in [0.29, 0.717) is 5.56 Å². The molecule has 2 rings (SSSR count). The van der Waals surface area contributed by atoms with Crippen LogP contribution in [0.25, 0.3) is 0 Å². The van der Waals surface area contributed by atoms with E-state index in [9.17, 15) is 9.18 Å². The van der Waals surface area contributed by atoms with Crippen LogP contribution >= 0.6 is 11.6 Å². The molecule has 1 aromatic carbocycles. The highest BCUT2D eigenvalue weighted by Gasteiger charge is 2.17. The lowest BCUT2D eigenvalue weighted by Crippen LogP contribution is -2.27. The van der Waals surface area contributed by atoms with Crippen molar-refractivity contribution in [2.75, 3.05) is 5.32 Å². The first-order chi connectivity index (χ1) is 8.95. The number of hydrogen-bond donors (Lipinski definition) is 2. The molecule has 0 spiro atoms. The molecule has 0 aliphatic rings. The van der Waals surface area contributed by atoms with E-state index in [0.717, 1.165) is 6.07 Å². The fourth-order valence-electron chi connectivity index (χ4n) is 1.60. The minimum Gasteiger partial charge on any atom is -0.324 e. The molecule has 0 fully saturated rings. The highest BCUT2D eigenvalue weighted by molar-refractivity contribution is 6.30. The van der Waals surface area contributed by atoms with Crippen LogP contribution in [0.5, 0.6) is 0 Å². The molecular weight excluding hydrogens is 271 g/mol. The van der Waals surface area contributed by atoms with Gasteiger partial charge in [-0.25, -0.2) is 4.39 Å². The van der Waals surface area contributed by atoms with Gasteiger partial charge in [0, 0.05) is 29.5 Å². The number of rotatable bonds is 3. The van der Waals surface area contributed by atoms with Crippen LogP contribution in [-0.2, 0) is 11.8 Å². The van der Waals surface area contributed by atoms with Gasteiger partial charge in [-0.1, -0.05) is 11.6 Å². The van der Waals surface area contributed by atoms with E-state index < -0.39 is 17.8 Å². The van der Waals surface area contributed by atoms with Crippen molar-refractivity contribution in [1.29, 1.82) is 0 Å². The topological polar surface area (TPSA) is 72.9 Å². The maximum atomic E-state index is 13.1. The van der Waals surface area contributed by atoms with Crippen molar-refractivity contribution in [3.05, 3.63) is 47.0 Å². The predicted octanol–water partition coefficient (Wildman–Crippen LogP) is 1.85. The molecule has 0 saturated carbocycles. The summed E-state index contributed by atoms with van der Waals surface area (Å²) in [6.07, 6.45) is 3.14. The number of carbonyl (C=O) groups is 1. The zero-order chi connectivity index (χ0) is 14.0. The van der Waals surface area contributed by atoms with Crippen molar-refractivity contribution in [1.82, 2.24) is 9.78 Å². The van der Waals surface area contributed by atoms with Crippen molar-refractivity contribution < 1.29 is 9.18 Å². The molecular formula is C12H12ClFN4O. The molecule has 1 aromatic heterocycles. The van der Waals surface area contributed by atoms with Gasteiger partial charge in [-0.05, 0) is 18.2 Å². The summed E-state index contributed by atoms with van der Waals surface area (Å²) in [6.45, 7) is 0. The molecule has 0 saturated heterocycles. The molecule has 3 N–H and O–H groups in total. The Labute approximate surface area is 114 Å². The molecule has 1 heterocycles. The average molecular weight is 283 g/mol. The minimum absolute atomic E-state index is 0.199. The predicted molar refractivity (Wildman–Crippen MR) is 70.2 cm³/mol. The van der Waals surface area contributed by atoms with Crippen molar-refractivity contribution in [2.24, 2.45) is 12.8 Å². The lowest BCUT2D eigenvalue weighted by molar-refractivity contribution is -0.117. The average Bonchev–Trinajstić information content (AvgIpc) is 2.73. The summed E-state index contributed by atoms with van der Waals surface area (Å²) in [6, 6.07) is 2.88. The lowest BCUT2D eigenvalue weighted by atomic mass is 10.1. The highest BCUT2D eigenvalue weighted by Crippen LogP contribution is 2.19. The first-order valence-corrected chi connectivity index (χ1v) is 5.84. The smallest absolute Gasteiger partial charge is 0.246 e. The first-order valence-electron chi connectivity index (χ1n) is 5.47. The Hall–Kier alpha value is -1.92. The second kappa shape index (κ2) is 5.38. The number of nitrogens with one attached hydrogen (secondary N) is 1. The van der Waals surface area contributed by atoms with E-state index in [1.807, 2.05) is 0 Å². The van der Waals surface area contributed by atoms with Crippen LogP contribution in [0.4, 0.5) is 10.1 Å². The van der Waals surface area contributed by atoms with Crippen LogP contribution in [0.1, 0.15) is 11.6 Å². The summed E-state index contributed by atoms with van der Waals surface area (Å²) in [5.74, 6) is -0.993. The number of carbonyl (C=O) groups excluding carboxylic acids is 1. The SMILES string of the molecule is Cn1cc(C(N)C(=O)Nc2cc(F)cc(Cl)c2)cn1. The van der Waals surface area contributed by atoms with Crippen LogP contribution < -0.4 is 11.1 Å². The van der Waals surface area contributed by atoms with Gasteiger partial charge < -0.3 is 11.1 Å². The normalized spacial score (nSPS) is 12.2. The maximum absolute atomic E-state index is 13.1. The Bertz CT molecular complexity index is 593. The third-order valence-corrected chi connectivity index (χ3v) is 2.71. The number of amides is 1. The molecule has 1 amide bonds. The highest BCUT2D eigenvalue weighted by atomic mass is 35.5. The summed E-state index contributed by atoms with van der Waals surface area (Å²) in [5.41, 5.74) is 6.61. The van der Waals surface area contributed by atoms with E-state index >= 15 is 0 Å². The van der Waals surface area contributed by atoms with Gasteiger partial charge in [-0.15, -0.1) is 0 Å². The second-order valence-corrected chi connectivity index (χ2v) is 4.51. The zero-order valence-electron chi connectivity index (χ0n) is 10.1. The minimum atomic E-state index is -0.879. The second-order valence-electron chi connectivity index (χ2n) is 4.07. The van der Waals surface area contributed by atoms with E-state index in [4.69, 9.17) is 17.3 Å². The molecule has 2 aromatic rings. The third-order valence-electron chi connectivity index (χ3n) is 2.50. The first kappa shape index (κ1) is 13.5. The van der Waals surface area contributed by atoms with Crippen LogP contribution in [0.3, 0.4) is 0 Å². The molecule has 1 unspecified atom stereocenters. The number of nitrogens with zero attached hydrogens (tertiary/aromatic N) is 2. The number of aromatic nitrogens is 2. The Morgan fingerprint density at radius 2 is 2.26 bits per heavy atom. The number of anilines is 1. The van der Waals surface area contributed by atoms with E-state index in [2.05, 4.69) is 10.4 Å². The maximum Gasteiger partial charge on any atom is 0.246 e. The number of halogens is 2. The number of benzene rings is 1. The number of hydrogen-bond acceptors (Lipinski definition) is 3. The number of aryl methyl sites for hydroxylation is 1. The summed E-state index contributed by atoms with van der Waals surface area (Å²) in [5, 5.41) is 6.64. The Balaban J connectivity index is 2.12. The fourth-order valence-corrected chi connectivity index (χ4v) is 1.82. The molecule has 100 valence electrons. The van der Waals surface area contributed by atoms with Gasteiger partial charge in [0.05, 0.1) is 6.20 Å². The van der Waals surface area contributed by atoms with Crippen molar-refractivity contribution in [3.8, 4) is 0 Å². The van der Waals surface area contributed by atoms with Gasteiger partial charge in [-0.2, -0.15) is 5.10 Å². The Morgan fingerprint density at radius 3 is 2.84 bits per heavy atom. The standard InChI is InChI=1S/C12H12ClFN4O/c1-18-6-7(5-16-18)11(15)12(19)17-10-3-8(13)2-9(14)4-10/h2-6,11H,15H2,1H3,(H,17,19). The molecule has 5 nitrogen and oxygen atoms in total. The van der Waals surface area contributed by atoms with Crippen LogP contribution in [0, 0.1) is 5.82 Å². The monoisotopic (exact) mass is 282 g/mol. The zero-order valence-corrected chi connectivity index (χ0v) is 10.9. The van der Waals surface area contributed by atoms with Gasteiger partial charge in [0.1, 0.15) is 11.9 Å². The molecule has 19 heavy (non-hydrogen) atoms.